The average Bonchev–Trinajstić information content (AvgIpc) is 2.90. The number of aromatic hydroxyl groups is 1. The number of phenolic OH excluding ortho intramolecular Hbond substituents is 1. The molecule has 1 N–H and O–H groups in total. The van der Waals surface area contributed by atoms with Crippen LogP contribution in [0.25, 0.3) is 6.08 Å². The predicted molar refractivity (Wildman–Crippen MR) is 93.5 cm³/mol. The molecule has 0 spiro atoms. The van der Waals surface area contributed by atoms with Crippen LogP contribution in [0.15, 0.2) is 59.2 Å². The second-order valence-corrected chi connectivity index (χ2v) is 5.53. The molecule has 8 nitrogen and oxygen atoms in total. The van der Waals surface area contributed by atoms with Gasteiger partial charge in [0.1, 0.15) is 5.75 Å². The summed E-state index contributed by atoms with van der Waals surface area (Å²) in [6, 6.07) is 11.5. The first-order valence-corrected chi connectivity index (χ1v) is 7.57. The van der Waals surface area contributed by atoms with Gasteiger partial charge in [0, 0.05) is 12.1 Å². The summed E-state index contributed by atoms with van der Waals surface area (Å²) in [5.74, 6) is -1.61. The molecule has 130 valence electrons. The van der Waals surface area contributed by atoms with Crippen LogP contribution in [-0.4, -0.2) is 32.6 Å². The lowest BCUT2D eigenvalue weighted by molar-refractivity contribution is -0.384. The summed E-state index contributed by atoms with van der Waals surface area (Å²) in [5.41, 5.74) is 0.991. The minimum atomic E-state index is -0.737. The zero-order chi connectivity index (χ0) is 18.8. The van der Waals surface area contributed by atoms with Gasteiger partial charge in [-0.2, -0.15) is 10.1 Å². The van der Waals surface area contributed by atoms with Crippen LogP contribution in [0.5, 0.6) is 5.75 Å². The van der Waals surface area contributed by atoms with Gasteiger partial charge in [0.05, 0.1) is 21.8 Å². The quantitative estimate of drug-likeness (QED) is 0.395. The number of hydrogen-bond acceptors (Lipinski definition) is 6. The number of nitro groups is 1. The zero-order valence-corrected chi connectivity index (χ0v) is 13.6. The van der Waals surface area contributed by atoms with Crippen molar-refractivity contribution in [3.63, 3.8) is 0 Å². The number of hydrogen-bond donors (Lipinski definition) is 1. The molecule has 26 heavy (non-hydrogen) atoms. The first-order chi connectivity index (χ1) is 12.4. The van der Waals surface area contributed by atoms with Gasteiger partial charge in [0.25, 0.3) is 17.5 Å². The Morgan fingerprint density at radius 1 is 1.19 bits per heavy atom. The summed E-state index contributed by atoms with van der Waals surface area (Å²) in [5, 5.41) is 25.2. The molecule has 0 saturated carbocycles. The van der Waals surface area contributed by atoms with E-state index in [0.29, 0.717) is 16.3 Å². The Kier molecular flexibility index (Phi) is 4.32. The number of benzene rings is 2. The molecule has 0 unspecified atom stereocenters. The second-order valence-electron chi connectivity index (χ2n) is 5.53. The lowest BCUT2D eigenvalue weighted by Gasteiger charge is -2.10. The van der Waals surface area contributed by atoms with Crippen molar-refractivity contribution in [3.8, 4) is 5.75 Å². The van der Waals surface area contributed by atoms with Gasteiger partial charge in [-0.3, -0.25) is 19.7 Å². The van der Waals surface area contributed by atoms with E-state index in [1.165, 1.54) is 42.5 Å². The lowest BCUT2D eigenvalue weighted by atomic mass is 10.1. The summed E-state index contributed by atoms with van der Waals surface area (Å²) in [4.78, 5) is 35.2. The van der Waals surface area contributed by atoms with E-state index in [4.69, 9.17) is 0 Å². The Balaban J connectivity index is 1.89. The summed E-state index contributed by atoms with van der Waals surface area (Å²) in [6.07, 6.45) is 1.50. The van der Waals surface area contributed by atoms with E-state index in [9.17, 15) is 24.8 Å². The fourth-order valence-electron chi connectivity index (χ4n) is 2.45. The maximum absolute atomic E-state index is 12.6. The molecule has 0 aliphatic carbocycles. The zero-order valence-electron chi connectivity index (χ0n) is 13.6. The minimum absolute atomic E-state index is 0.0333. The highest BCUT2D eigenvalue weighted by Gasteiger charge is 2.33. The molecular formula is C18H13N3O5. The van der Waals surface area contributed by atoms with Gasteiger partial charge in [0.2, 0.25) is 0 Å². The molecule has 0 aromatic heterocycles. The van der Waals surface area contributed by atoms with E-state index in [2.05, 4.69) is 5.10 Å². The molecule has 3 rings (SSSR count). The van der Waals surface area contributed by atoms with E-state index < -0.39 is 16.7 Å². The summed E-state index contributed by atoms with van der Waals surface area (Å²) < 4.78 is 0. The number of rotatable bonds is 3. The van der Waals surface area contributed by atoms with Crippen molar-refractivity contribution in [1.82, 2.24) is 5.01 Å². The molecule has 2 aromatic rings. The third-order valence-electron chi connectivity index (χ3n) is 3.80. The first-order valence-electron chi connectivity index (χ1n) is 7.57. The molecule has 1 aliphatic heterocycles. The molecule has 0 saturated heterocycles. The number of amides is 2. The van der Waals surface area contributed by atoms with Crippen LogP contribution in [0.4, 0.5) is 5.69 Å². The topological polar surface area (TPSA) is 113 Å². The summed E-state index contributed by atoms with van der Waals surface area (Å²) in [6.45, 7) is 1.58. The molecule has 2 aromatic carbocycles. The number of nitro benzene ring substituents is 1. The normalized spacial score (nSPS) is 15.3. The monoisotopic (exact) mass is 351 g/mol. The SMILES string of the molecule is CC1=NN(C(=O)c2ccccc2O)C(=O)/C1=C/c1ccc([N+](=O)[O-])cc1. The fraction of sp³-hybridized carbons (Fsp3) is 0.0556. The Morgan fingerprint density at radius 2 is 1.85 bits per heavy atom. The minimum Gasteiger partial charge on any atom is -0.507 e. The number of carbonyl (C=O) groups is 2. The van der Waals surface area contributed by atoms with Crippen molar-refractivity contribution < 1.29 is 19.6 Å². The van der Waals surface area contributed by atoms with Crippen LogP contribution < -0.4 is 0 Å². The van der Waals surface area contributed by atoms with Gasteiger partial charge in [0.15, 0.2) is 0 Å². The van der Waals surface area contributed by atoms with Crippen LogP contribution in [-0.2, 0) is 4.79 Å². The standard InChI is InChI=1S/C18H13N3O5/c1-11-15(10-12-6-8-13(9-7-12)21(25)26)18(24)20(19-11)17(23)14-4-2-3-5-16(14)22/h2-10,22H,1H3/b15-10+. The van der Waals surface area contributed by atoms with Crippen molar-refractivity contribution in [2.45, 2.75) is 6.92 Å². The molecule has 0 bridgehead atoms. The van der Waals surface area contributed by atoms with Crippen molar-refractivity contribution in [3.05, 3.63) is 75.3 Å². The number of carbonyl (C=O) groups excluding carboxylic acids is 2. The molecule has 2 amide bonds. The average molecular weight is 351 g/mol. The fourth-order valence-corrected chi connectivity index (χ4v) is 2.45. The van der Waals surface area contributed by atoms with Crippen LogP contribution in [0.1, 0.15) is 22.8 Å². The van der Waals surface area contributed by atoms with Crippen molar-refractivity contribution in [2.24, 2.45) is 5.10 Å². The Hall–Kier alpha value is -3.81. The van der Waals surface area contributed by atoms with E-state index in [1.54, 1.807) is 19.1 Å². The molecular weight excluding hydrogens is 338 g/mol. The van der Waals surface area contributed by atoms with Crippen LogP contribution in [0.2, 0.25) is 0 Å². The second kappa shape index (κ2) is 6.60. The highest BCUT2D eigenvalue weighted by Crippen LogP contribution is 2.24. The highest BCUT2D eigenvalue weighted by molar-refractivity contribution is 6.30. The smallest absolute Gasteiger partial charge is 0.285 e. The number of imide groups is 1. The number of nitrogens with zero attached hydrogens (tertiary/aromatic N) is 3. The van der Waals surface area contributed by atoms with Gasteiger partial charge >= 0.3 is 0 Å². The first kappa shape index (κ1) is 17.0. The van der Waals surface area contributed by atoms with Crippen LogP contribution >= 0.6 is 0 Å². The Bertz CT molecular complexity index is 977. The molecule has 0 radical (unpaired) electrons. The predicted octanol–water partition coefficient (Wildman–Crippen LogP) is 2.74. The molecule has 1 aliphatic rings. The third-order valence-corrected chi connectivity index (χ3v) is 3.80. The summed E-state index contributed by atoms with van der Waals surface area (Å²) >= 11 is 0. The largest absolute Gasteiger partial charge is 0.507 e. The van der Waals surface area contributed by atoms with E-state index >= 15 is 0 Å². The number of para-hydroxylation sites is 1. The van der Waals surface area contributed by atoms with Gasteiger partial charge in [-0.15, -0.1) is 0 Å². The van der Waals surface area contributed by atoms with E-state index in [-0.39, 0.29) is 22.6 Å². The van der Waals surface area contributed by atoms with Crippen LogP contribution in [0.3, 0.4) is 0 Å². The maximum atomic E-state index is 12.6. The third kappa shape index (κ3) is 3.07. The van der Waals surface area contributed by atoms with Crippen LogP contribution in [0, 0.1) is 10.1 Å². The summed E-state index contributed by atoms with van der Waals surface area (Å²) in [7, 11) is 0. The number of hydrazone groups is 1. The van der Waals surface area contributed by atoms with Gasteiger partial charge in [-0.25, -0.2) is 0 Å². The highest BCUT2D eigenvalue weighted by atomic mass is 16.6. The van der Waals surface area contributed by atoms with E-state index in [1.807, 2.05) is 0 Å². The maximum Gasteiger partial charge on any atom is 0.285 e. The lowest BCUT2D eigenvalue weighted by Crippen LogP contribution is -2.29. The molecule has 0 fully saturated rings. The van der Waals surface area contributed by atoms with Gasteiger partial charge in [-0.05, 0) is 42.8 Å². The van der Waals surface area contributed by atoms with Gasteiger partial charge in [-0.1, -0.05) is 12.1 Å². The molecule has 0 atom stereocenters. The van der Waals surface area contributed by atoms with Gasteiger partial charge < -0.3 is 5.11 Å². The number of phenols is 1. The Labute approximate surface area is 147 Å². The van der Waals surface area contributed by atoms with Crippen molar-refractivity contribution in [2.75, 3.05) is 0 Å². The molecule has 8 heteroatoms. The van der Waals surface area contributed by atoms with Crippen molar-refractivity contribution in [1.29, 1.82) is 0 Å². The molecule has 1 heterocycles. The number of non-ortho nitro benzene ring substituents is 1. The van der Waals surface area contributed by atoms with E-state index in [0.717, 1.165) is 0 Å². The Morgan fingerprint density at radius 3 is 2.46 bits per heavy atom. The van der Waals surface area contributed by atoms with Crippen molar-refractivity contribution >= 4 is 29.3 Å².